The number of nitrogens with one attached hydrogen (secondary N) is 2. The van der Waals surface area contributed by atoms with Crippen LogP contribution in [0.3, 0.4) is 0 Å². The Morgan fingerprint density at radius 3 is 2.55 bits per heavy atom. The summed E-state index contributed by atoms with van der Waals surface area (Å²) in [4.78, 5) is 18.1. The quantitative estimate of drug-likeness (QED) is 0.366. The zero-order valence-electron chi connectivity index (χ0n) is 22.2. The molecule has 0 radical (unpaired) electrons. The van der Waals surface area contributed by atoms with Crippen molar-refractivity contribution in [2.45, 2.75) is 44.6 Å². The number of nitrogens with zero attached hydrogens (tertiary/aromatic N) is 2. The third-order valence-electron chi connectivity index (χ3n) is 8.09. The van der Waals surface area contributed by atoms with Gasteiger partial charge in [0.1, 0.15) is 0 Å². The number of hydrogen-bond donors (Lipinski definition) is 3. The largest absolute Gasteiger partial charge is 0.366 e. The smallest absolute Gasteiger partial charge is 0.250 e. The first-order chi connectivity index (χ1) is 18.4. The van der Waals surface area contributed by atoms with Gasteiger partial charge in [-0.1, -0.05) is 18.2 Å². The van der Waals surface area contributed by atoms with Crippen LogP contribution >= 0.6 is 0 Å². The molecule has 2 fully saturated rings. The average Bonchev–Trinajstić information content (AvgIpc) is 3.58. The second-order valence-corrected chi connectivity index (χ2v) is 12.8. The number of hydrogen-bond acceptors (Lipinski definition) is 5. The normalized spacial score (nSPS) is 17.9. The van der Waals surface area contributed by atoms with Crippen LogP contribution in [0.5, 0.6) is 0 Å². The van der Waals surface area contributed by atoms with Crippen LogP contribution < -0.4 is 11.1 Å². The van der Waals surface area contributed by atoms with E-state index in [1.807, 2.05) is 31.4 Å². The number of rotatable bonds is 10. The first-order valence-corrected chi connectivity index (χ1v) is 15.4. The minimum Gasteiger partial charge on any atom is -0.366 e. The molecular formula is C29H39N5O3S. The molecular weight excluding hydrogens is 498 g/mol. The van der Waals surface area contributed by atoms with Crippen molar-refractivity contribution in [2.24, 2.45) is 5.73 Å². The molecule has 9 heteroatoms. The predicted octanol–water partition coefficient (Wildman–Crippen LogP) is 3.65. The summed E-state index contributed by atoms with van der Waals surface area (Å²) in [5, 5.41) is 4.17. The van der Waals surface area contributed by atoms with Gasteiger partial charge in [0.15, 0.2) is 0 Å². The maximum atomic E-state index is 13.0. The van der Waals surface area contributed by atoms with Gasteiger partial charge >= 0.3 is 0 Å². The number of aromatic nitrogens is 1. The second-order valence-electron chi connectivity index (χ2n) is 10.7. The minimum atomic E-state index is -3.25. The van der Waals surface area contributed by atoms with Crippen LogP contribution in [0.15, 0.2) is 42.6 Å². The molecule has 2 aromatic carbocycles. The van der Waals surface area contributed by atoms with Crippen molar-refractivity contribution in [3.8, 4) is 11.1 Å². The lowest BCUT2D eigenvalue weighted by Crippen LogP contribution is -2.39. The first kappa shape index (κ1) is 26.9. The van der Waals surface area contributed by atoms with Crippen LogP contribution in [0.25, 0.3) is 22.0 Å². The number of piperidine rings is 1. The Morgan fingerprint density at radius 1 is 1.08 bits per heavy atom. The van der Waals surface area contributed by atoms with Gasteiger partial charge in [-0.15, -0.1) is 0 Å². The van der Waals surface area contributed by atoms with Crippen molar-refractivity contribution in [3.05, 3.63) is 59.3 Å². The topological polar surface area (TPSA) is 112 Å². The van der Waals surface area contributed by atoms with Gasteiger partial charge in [-0.2, -0.15) is 0 Å². The average molecular weight is 538 g/mol. The molecule has 1 amide bonds. The summed E-state index contributed by atoms with van der Waals surface area (Å²) in [5.74, 6) is -0.0305. The van der Waals surface area contributed by atoms with E-state index >= 15 is 0 Å². The van der Waals surface area contributed by atoms with E-state index in [1.54, 1.807) is 4.31 Å². The Labute approximate surface area is 225 Å². The molecule has 2 aliphatic heterocycles. The molecule has 204 valence electrons. The van der Waals surface area contributed by atoms with E-state index in [0.29, 0.717) is 25.1 Å². The molecule has 2 saturated heterocycles. The molecule has 0 atom stereocenters. The fraction of sp³-hybridized carbons (Fsp3) is 0.483. The van der Waals surface area contributed by atoms with E-state index in [4.69, 9.17) is 5.73 Å². The Balaban J connectivity index is 1.33. The van der Waals surface area contributed by atoms with Gasteiger partial charge in [0.05, 0.1) is 16.8 Å². The lowest BCUT2D eigenvalue weighted by Gasteiger charge is -2.31. The highest BCUT2D eigenvalue weighted by Gasteiger charge is 2.30. The van der Waals surface area contributed by atoms with E-state index in [0.717, 1.165) is 72.2 Å². The molecule has 0 spiro atoms. The van der Waals surface area contributed by atoms with Crippen molar-refractivity contribution in [2.75, 3.05) is 45.5 Å². The second kappa shape index (κ2) is 11.6. The summed E-state index contributed by atoms with van der Waals surface area (Å²) in [6.07, 6.45) is 6.62. The van der Waals surface area contributed by atoms with Crippen LogP contribution in [0.1, 0.15) is 59.5 Å². The molecule has 5 rings (SSSR count). The zero-order valence-corrected chi connectivity index (χ0v) is 23.0. The highest BCUT2D eigenvalue weighted by molar-refractivity contribution is 7.89. The first-order valence-electron chi connectivity index (χ1n) is 13.7. The van der Waals surface area contributed by atoms with Gasteiger partial charge in [0.2, 0.25) is 10.0 Å². The fourth-order valence-electron chi connectivity index (χ4n) is 6.07. The Hall–Kier alpha value is -2.72. The minimum absolute atomic E-state index is 0.214. The van der Waals surface area contributed by atoms with Crippen molar-refractivity contribution in [3.63, 3.8) is 0 Å². The molecule has 0 aliphatic carbocycles. The number of carbonyl (C=O) groups excluding carboxylic acids is 1. The lowest BCUT2D eigenvalue weighted by molar-refractivity contribution is 0.100. The molecule has 0 bridgehead atoms. The van der Waals surface area contributed by atoms with Gasteiger partial charge in [0, 0.05) is 31.2 Å². The van der Waals surface area contributed by atoms with Gasteiger partial charge in [-0.3, -0.25) is 4.79 Å². The monoisotopic (exact) mass is 537 g/mol. The fourth-order valence-corrected chi connectivity index (χ4v) is 7.59. The lowest BCUT2D eigenvalue weighted by atomic mass is 9.88. The zero-order chi connectivity index (χ0) is 26.7. The van der Waals surface area contributed by atoms with Crippen LogP contribution in [0.2, 0.25) is 0 Å². The molecule has 2 aliphatic rings. The summed E-state index contributed by atoms with van der Waals surface area (Å²) < 4.78 is 27.7. The van der Waals surface area contributed by atoms with Gasteiger partial charge in [0.25, 0.3) is 5.91 Å². The molecule has 4 N–H and O–H groups in total. The number of primary amides is 1. The Morgan fingerprint density at radius 2 is 1.84 bits per heavy atom. The van der Waals surface area contributed by atoms with Crippen LogP contribution in [-0.4, -0.2) is 74.0 Å². The number of aromatic amines is 1. The summed E-state index contributed by atoms with van der Waals surface area (Å²) in [7, 11) is -1.33. The summed E-state index contributed by atoms with van der Waals surface area (Å²) in [6.45, 7) is 4.87. The highest BCUT2D eigenvalue weighted by atomic mass is 32.2. The van der Waals surface area contributed by atoms with Crippen LogP contribution in [0, 0.1) is 0 Å². The van der Waals surface area contributed by atoms with Crippen molar-refractivity contribution in [1.29, 1.82) is 0 Å². The number of H-pyrrole nitrogens is 1. The predicted molar refractivity (Wildman–Crippen MR) is 153 cm³/mol. The van der Waals surface area contributed by atoms with Crippen molar-refractivity contribution in [1.82, 2.24) is 19.5 Å². The number of fused-ring (bicyclic) bond motifs is 1. The maximum absolute atomic E-state index is 13.0. The van der Waals surface area contributed by atoms with Crippen LogP contribution in [0.4, 0.5) is 0 Å². The standard InChI is InChI=1S/C29H39N5O3S/c1-31-19-21-6-4-7-23(16-21)24-17-25-27(20-32-28(25)26(18-24)29(30)35)22-8-13-34(14-9-22)38(36,37)15-5-12-33-10-2-3-11-33/h4,6-7,16-18,20,22,31-32H,2-3,5,8-15,19H2,1H3,(H2,30,35). The molecule has 3 aromatic rings. The summed E-state index contributed by atoms with van der Waals surface area (Å²) in [5.41, 5.74) is 11.3. The number of likely N-dealkylation sites (tertiary alicyclic amines) is 1. The van der Waals surface area contributed by atoms with Crippen molar-refractivity contribution < 1.29 is 13.2 Å². The molecule has 3 heterocycles. The van der Waals surface area contributed by atoms with Crippen LogP contribution in [-0.2, 0) is 16.6 Å². The molecule has 38 heavy (non-hydrogen) atoms. The Bertz CT molecular complexity index is 1390. The molecule has 1 aromatic heterocycles. The molecule has 0 saturated carbocycles. The number of amides is 1. The van der Waals surface area contributed by atoms with Gasteiger partial charge in [-0.05, 0) is 105 Å². The van der Waals surface area contributed by atoms with E-state index < -0.39 is 15.9 Å². The Kier molecular flexibility index (Phi) is 8.18. The van der Waals surface area contributed by atoms with Gasteiger partial charge < -0.3 is 20.9 Å². The number of benzene rings is 2. The number of carbonyl (C=O) groups is 1. The third kappa shape index (κ3) is 5.81. The third-order valence-corrected chi connectivity index (χ3v) is 10.0. The van der Waals surface area contributed by atoms with E-state index in [1.165, 1.54) is 12.8 Å². The molecule has 8 nitrogen and oxygen atoms in total. The van der Waals surface area contributed by atoms with Gasteiger partial charge in [-0.25, -0.2) is 12.7 Å². The number of nitrogens with two attached hydrogens (primary N) is 1. The van der Waals surface area contributed by atoms with E-state index in [-0.39, 0.29) is 11.7 Å². The maximum Gasteiger partial charge on any atom is 0.250 e. The summed E-state index contributed by atoms with van der Waals surface area (Å²) >= 11 is 0. The van der Waals surface area contributed by atoms with E-state index in [2.05, 4.69) is 33.4 Å². The SMILES string of the molecule is CNCc1cccc(-c2cc(C(N)=O)c3[nH]cc(C4CCN(S(=O)(=O)CCCN5CCCC5)CC4)c3c2)c1. The highest BCUT2D eigenvalue weighted by Crippen LogP contribution is 2.37. The molecule has 0 unspecified atom stereocenters. The summed E-state index contributed by atoms with van der Waals surface area (Å²) in [6, 6.07) is 12.3. The number of sulfonamides is 1. The van der Waals surface area contributed by atoms with E-state index in [9.17, 15) is 13.2 Å². The van der Waals surface area contributed by atoms with Crippen molar-refractivity contribution >= 4 is 26.8 Å².